The second kappa shape index (κ2) is 10.3. The third-order valence-corrected chi connectivity index (χ3v) is 10.1. The van der Waals surface area contributed by atoms with Crippen LogP contribution in [0.2, 0.25) is 0 Å². The van der Waals surface area contributed by atoms with Crippen LogP contribution in [0.1, 0.15) is 132 Å². The Bertz CT molecular complexity index is 747. The molecule has 0 amide bonds. The molecule has 5 heteroatoms. The molecule has 0 aromatic heterocycles. The van der Waals surface area contributed by atoms with E-state index >= 15 is 0 Å². The number of ether oxygens (including phenoxy) is 2. The summed E-state index contributed by atoms with van der Waals surface area (Å²) in [6, 6.07) is 0. The molecule has 35 heavy (non-hydrogen) atoms. The summed E-state index contributed by atoms with van der Waals surface area (Å²) in [4.78, 5) is 24.5. The minimum atomic E-state index is -0.393. The molecule has 0 heterocycles. The first-order valence-electron chi connectivity index (χ1n) is 14.4. The first-order chi connectivity index (χ1) is 16.3. The van der Waals surface area contributed by atoms with Gasteiger partial charge in [0.25, 0.3) is 0 Å². The van der Waals surface area contributed by atoms with Crippen molar-refractivity contribution >= 4 is 11.9 Å². The summed E-state index contributed by atoms with van der Waals surface area (Å²) in [6.45, 7) is 14.3. The number of carbonyl (C=O) groups is 2. The van der Waals surface area contributed by atoms with Gasteiger partial charge in [-0.1, -0.05) is 20.8 Å². The minimum absolute atomic E-state index is 0.0197. The van der Waals surface area contributed by atoms with Gasteiger partial charge in [-0.15, -0.1) is 0 Å². The maximum atomic E-state index is 12.5. The predicted molar refractivity (Wildman–Crippen MR) is 139 cm³/mol. The molecule has 0 aromatic carbocycles. The Morgan fingerprint density at radius 3 is 1.74 bits per heavy atom. The van der Waals surface area contributed by atoms with Crippen LogP contribution >= 0.6 is 0 Å². The Morgan fingerprint density at radius 2 is 1.31 bits per heavy atom. The molecular weight excluding hydrogens is 440 g/mol. The number of hydrogen-bond donors (Lipinski definition) is 1. The molecule has 0 spiro atoms. The Kier molecular flexibility index (Phi) is 8.41. The Labute approximate surface area is 214 Å². The topological polar surface area (TPSA) is 72.8 Å². The van der Waals surface area contributed by atoms with E-state index in [-0.39, 0.29) is 40.6 Å². The van der Waals surface area contributed by atoms with Gasteiger partial charge in [-0.3, -0.25) is 9.59 Å². The van der Waals surface area contributed by atoms with Gasteiger partial charge in [-0.05, 0) is 128 Å². The van der Waals surface area contributed by atoms with Crippen molar-refractivity contribution < 1.29 is 24.2 Å². The van der Waals surface area contributed by atoms with E-state index in [2.05, 4.69) is 6.92 Å². The third-order valence-electron chi connectivity index (χ3n) is 10.1. The average molecular weight is 493 g/mol. The highest BCUT2D eigenvalue weighted by Crippen LogP contribution is 2.62. The quantitative estimate of drug-likeness (QED) is 0.370. The average Bonchev–Trinajstić information content (AvgIpc) is 3.27. The van der Waals surface area contributed by atoms with E-state index in [9.17, 15) is 14.7 Å². The summed E-state index contributed by atoms with van der Waals surface area (Å²) in [7, 11) is 0. The second-order valence-corrected chi connectivity index (χ2v) is 13.8. The first kappa shape index (κ1) is 28.5. The number of hydrogen-bond acceptors (Lipinski definition) is 5. The van der Waals surface area contributed by atoms with E-state index in [1.54, 1.807) is 0 Å². The summed E-state index contributed by atoms with van der Waals surface area (Å²) in [5.41, 5.74) is -1.08. The molecule has 5 fully saturated rings. The van der Waals surface area contributed by atoms with Gasteiger partial charge in [0.1, 0.15) is 11.2 Å². The lowest BCUT2D eigenvalue weighted by atomic mass is 9.48. The van der Waals surface area contributed by atoms with Crippen molar-refractivity contribution in [1.29, 1.82) is 0 Å². The smallest absolute Gasteiger partial charge is 0.312 e. The third kappa shape index (κ3) is 6.08. The fraction of sp³-hybridized carbons (Fsp3) is 0.933. The molecule has 0 aliphatic heterocycles. The van der Waals surface area contributed by atoms with Crippen LogP contribution in [0, 0.1) is 28.1 Å². The first-order valence-corrected chi connectivity index (χ1v) is 14.4. The lowest BCUT2D eigenvalue weighted by molar-refractivity contribution is -0.214. The molecular formula is C30H52O5. The van der Waals surface area contributed by atoms with E-state index in [0.29, 0.717) is 11.8 Å². The highest BCUT2D eigenvalue weighted by atomic mass is 16.6. The molecule has 5 aliphatic rings. The highest BCUT2D eigenvalue weighted by Gasteiger charge is 2.59. The number of aliphatic hydroxyl groups excluding tert-OH is 1. The number of carbonyl (C=O) groups excluding carboxylic acids is 2. The van der Waals surface area contributed by atoms with Crippen molar-refractivity contribution in [1.82, 2.24) is 0 Å². The molecule has 2 atom stereocenters. The monoisotopic (exact) mass is 492 g/mol. The maximum Gasteiger partial charge on any atom is 0.312 e. The van der Waals surface area contributed by atoms with Crippen molar-refractivity contribution in [2.24, 2.45) is 28.1 Å². The zero-order valence-electron chi connectivity index (χ0n) is 23.6. The van der Waals surface area contributed by atoms with Gasteiger partial charge < -0.3 is 14.6 Å². The number of esters is 2. The molecule has 0 aromatic rings. The van der Waals surface area contributed by atoms with Crippen LogP contribution in [-0.4, -0.2) is 34.9 Å². The van der Waals surface area contributed by atoms with E-state index in [1.807, 2.05) is 41.5 Å². The van der Waals surface area contributed by atoms with Crippen LogP contribution in [0.4, 0.5) is 0 Å². The van der Waals surface area contributed by atoms with Gasteiger partial charge in [-0.25, -0.2) is 0 Å². The van der Waals surface area contributed by atoms with E-state index in [1.165, 1.54) is 19.3 Å². The van der Waals surface area contributed by atoms with Gasteiger partial charge in [0.2, 0.25) is 0 Å². The van der Waals surface area contributed by atoms with Crippen molar-refractivity contribution in [3.8, 4) is 0 Å². The van der Waals surface area contributed by atoms with E-state index < -0.39 is 5.41 Å². The van der Waals surface area contributed by atoms with Gasteiger partial charge in [0.15, 0.2) is 0 Å². The zero-order valence-corrected chi connectivity index (χ0v) is 23.6. The van der Waals surface area contributed by atoms with E-state index in [4.69, 9.17) is 9.47 Å². The van der Waals surface area contributed by atoms with Crippen molar-refractivity contribution in [3.63, 3.8) is 0 Å². The molecule has 5 aliphatic carbocycles. The molecule has 1 N–H and O–H groups in total. The molecule has 5 saturated carbocycles. The lowest BCUT2D eigenvalue weighted by Gasteiger charge is -2.61. The molecule has 5 rings (SSSR count). The zero-order chi connectivity index (χ0) is 26.1. The normalized spacial score (nSPS) is 33.1. The van der Waals surface area contributed by atoms with Crippen molar-refractivity contribution in [2.75, 3.05) is 6.61 Å². The summed E-state index contributed by atoms with van der Waals surface area (Å²) >= 11 is 0. The number of rotatable bonds is 8. The van der Waals surface area contributed by atoms with Crippen LogP contribution in [-0.2, 0) is 19.1 Å². The largest absolute Gasteiger partial charge is 0.459 e. The molecule has 4 bridgehead atoms. The Morgan fingerprint density at radius 1 is 0.829 bits per heavy atom. The van der Waals surface area contributed by atoms with Crippen LogP contribution in [0.15, 0.2) is 0 Å². The van der Waals surface area contributed by atoms with Gasteiger partial charge in [0.05, 0.1) is 10.8 Å². The summed E-state index contributed by atoms with van der Waals surface area (Å²) < 4.78 is 11.8. The van der Waals surface area contributed by atoms with Crippen LogP contribution in [0.25, 0.3) is 0 Å². The molecule has 2 unspecified atom stereocenters. The van der Waals surface area contributed by atoms with Crippen molar-refractivity contribution in [3.05, 3.63) is 0 Å². The van der Waals surface area contributed by atoms with Gasteiger partial charge in [-0.2, -0.15) is 0 Å². The fourth-order valence-corrected chi connectivity index (χ4v) is 7.17. The standard InChI is InChI=1S/C17H28O3.C13H24O2/c1-4-15(2,3)14(19)20-17-8-12-5-13(9-17)7-16(6-12,10-17)11-18;1-5-12(3,4)11(14)15-13(6-2)9-7-8-10-13/h12-13,18H,4-11H2,1-3H3;5-10H2,1-4H3. The Balaban J connectivity index is 0.000000205. The SMILES string of the molecule is CCC(C)(C)C(=O)OC12CC3CC(CC(CO)(C3)C1)C2.CCC1(OC(=O)C(C)(C)CC)CCCC1. The Hall–Kier alpha value is -1.10. The summed E-state index contributed by atoms with van der Waals surface area (Å²) in [5.74, 6) is 1.24. The molecule has 0 radical (unpaired) electrons. The maximum absolute atomic E-state index is 12.5. The molecule has 202 valence electrons. The minimum Gasteiger partial charge on any atom is -0.459 e. The lowest BCUT2D eigenvalue weighted by Crippen LogP contribution is -2.59. The summed E-state index contributed by atoms with van der Waals surface area (Å²) in [5, 5.41) is 9.85. The van der Waals surface area contributed by atoms with Crippen LogP contribution in [0.5, 0.6) is 0 Å². The second-order valence-electron chi connectivity index (χ2n) is 13.8. The highest BCUT2D eigenvalue weighted by molar-refractivity contribution is 5.76. The van der Waals surface area contributed by atoms with Crippen molar-refractivity contribution in [2.45, 2.75) is 143 Å². The molecule has 0 saturated heterocycles. The van der Waals surface area contributed by atoms with Gasteiger partial charge >= 0.3 is 11.9 Å². The van der Waals surface area contributed by atoms with Gasteiger partial charge in [0, 0.05) is 6.61 Å². The van der Waals surface area contributed by atoms with E-state index in [0.717, 1.165) is 64.2 Å². The fourth-order valence-electron chi connectivity index (χ4n) is 7.17. The number of aliphatic hydroxyl groups is 1. The predicted octanol–water partition coefficient (Wildman–Crippen LogP) is 6.99. The van der Waals surface area contributed by atoms with Crippen LogP contribution in [0.3, 0.4) is 0 Å². The summed E-state index contributed by atoms with van der Waals surface area (Å²) in [6.07, 6.45) is 13.6. The van der Waals surface area contributed by atoms with Crippen LogP contribution < -0.4 is 0 Å². The molecule has 5 nitrogen and oxygen atoms in total.